The summed E-state index contributed by atoms with van der Waals surface area (Å²) < 4.78 is 74.3. The summed E-state index contributed by atoms with van der Waals surface area (Å²) in [6.45, 7) is 0. The summed E-state index contributed by atoms with van der Waals surface area (Å²) in [4.78, 5) is 15.3. The van der Waals surface area contributed by atoms with Crippen LogP contribution in [0.5, 0.6) is 0 Å². The highest BCUT2D eigenvalue weighted by Crippen LogP contribution is 2.40. The molecule has 0 atom stereocenters. The van der Waals surface area contributed by atoms with Crippen LogP contribution in [0.15, 0.2) is 170 Å². The second-order valence-corrected chi connectivity index (χ2v) is 13.0. The molecule has 0 aliphatic heterocycles. The fraction of sp³-hybridized carbons (Fsp3) is 0. The summed E-state index contributed by atoms with van der Waals surface area (Å²) in [5.41, 5.74) is 4.18. The van der Waals surface area contributed by atoms with Crippen LogP contribution in [0.2, 0.25) is 0 Å². The van der Waals surface area contributed by atoms with Gasteiger partial charge in [0.05, 0.1) is 22.0 Å². The molecule has 0 radical (unpaired) electrons. The zero-order chi connectivity index (χ0) is 40.0. The van der Waals surface area contributed by atoms with Gasteiger partial charge in [-0.05, 0) is 53.5 Å². The first kappa shape index (κ1) is 21.5. The van der Waals surface area contributed by atoms with Gasteiger partial charge in [-0.25, -0.2) is 15.0 Å². The minimum atomic E-state index is -0.498. The number of para-hydroxylation sites is 2. The molecule has 10 rings (SSSR count). The lowest BCUT2D eigenvalue weighted by molar-refractivity contribution is 1.07. The SMILES string of the molecule is [2H]c1c([2H])c([2H])c2c(c1[2H])c1c([2H])c([2H])c([2H])c([2H])c1n2-c1cc(-c2ccccc2)cc(-c2nc(-c3ccccc3)nc(-c3cccc4sc5ccccc5c34)n2)c1. The van der Waals surface area contributed by atoms with E-state index in [2.05, 4.69) is 18.2 Å². The fourth-order valence-corrected chi connectivity index (χ4v) is 7.78. The first-order valence-electron chi connectivity index (χ1n) is 20.0. The van der Waals surface area contributed by atoms with Crippen molar-refractivity contribution in [3.05, 3.63) is 170 Å². The minimum Gasteiger partial charge on any atom is -0.309 e. The summed E-state index contributed by atoms with van der Waals surface area (Å²) in [7, 11) is 0. The molecule has 234 valence electrons. The summed E-state index contributed by atoms with van der Waals surface area (Å²) in [5, 5.41) is 2.14. The molecule has 10 aromatic rings. The largest absolute Gasteiger partial charge is 0.309 e. The summed E-state index contributed by atoms with van der Waals surface area (Å²) in [5.74, 6) is 1.25. The van der Waals surface area contributed by atoms with E-state index in [1.807, 2.05) is 97.1 Å². The van der Waals surface area contributed by atoms with Gasteiger partial charge in [-0.3, -0.25) is 0 Å². The molecular weight excluding hydrogens is 629 g/mol. The average Bonchev–Trinajstić information content (AvgIpc) is 3.84. The quantitative estimate of drug-likeness (QED) is 0.184. The van der Waals surface area contributed by atoms with Gasteiger partial charge in [0, 0.05) is 53.3 Å². The van der Waals surface area contributed by atoms with E-state index in [0.29, 0.717) is 28.7 Å². The third kappa shape index (κ3) is 4.71. The van der Waals surface area contributed by atoms with Crippen LogP contribution in [0.1, 0.15) is 11.0 Å². The average molecular weight is 665 g/mol. The van der Waals surface area contributed by atoms with Crippen LogP contribution in [-0.2, 0) is 0 Å². The first-order valence-corrected chi connectivity index (χ1v) is 16.9. The highest BCUT2D eigenvalue weighted by atomic mass is 32.1. The molecule has 0 saturated heterocycles. The van der Waals surface area contributed by atoms with Crippen molar-refractivity contribution in [2.24, 2.45) is 0 Å². The van der Waals surface area contributed by atoms with E-state index < -0.39 is 36.3 Å². The third-order valence-electron chi connectivity index (χ3n) is 8.88. The Labute approximate surface area is 303 Å². The monoisotopic (exact) mass is 664 g/mol. The maximum absolute atomic E-state index is 9.13. The van der Waals surface area contributed by atoms with Crippen molar-refractivity contribution in [1.82, 2.24) is 19.5 Å². The van der Waals surface area contributed by atoms with Crippen molar-refractivity contribution in [3.63, 3.8) is 0 Å². The van der Waals surface area contributed by atoms with Crippen molar-refractivity contribution >= 4 is 53.3 Å². The number of benzene rings is 7. The van der Waals surface area contributed by atoms with Gasteiger partial charge in [0.25, 0.3) is 0 Å². The zero-order valence-electron chi connectivity index (χ0n) is 34.2. The lowest BCUT2D eigenvalue weighted by atomic mass is 10.0. The molecule has 3 heterocycles. The Kier molecular flexibility index (Phi) is 5.00. The Morgan fingerprint density at radius 1 is 0.460 bits per heavy atom. The van der Waals surface area contributed by atoms with E-state index >= 15 is 0 Å². The summed E-state index contributed by atoms with van der Waals surface area (Å²) in [6, 6.07) is 35.7. The van der Waals surface area contributed by atoms with Crippen molar-refractivity contribution in [2.45, 2.75) is 0 Å². The van der Waals surface area contributed by atoms with Crippen LogP contribution >= 0.6 is 11.3 Å². The van der Waals surface area contributed by atoms with Crippen LogP contribution in [0.4, 0.5) is 0 Å². The second kappa shape index (κ2) is 11.6. The number of hydrogen-bond acceptors (Lipinski definition) is 4. The Hall–Kier alpha value is -6.43. The molecule has 0 spiro atoms. The summed E-state index contributed by atoms with van der Waals surface area (Å²) in [6.07, 6.45) is 0. The molecule has 0 bridgehead atoms. The highest BCUT2D eigenvalue weighted by Gasteiger charge is 2.19. The lowest BCUT2D eigenvalue weighted by Gasteiger charge is -2.14. The van der Waals surface area contributed by atoms with Gasteiger partial charge in [0.15, 0.2) is 17.5 Å². The van der Waals surface area contributed by atoms with E-state index in [0.717, 1.165) is 42.4 Å². The van der Waals surface area contributed by atoms with Gasteiger partial charge in [0.1, 0.15) is 0 Å². The topological polar surface area (TPSA) is 43.6 Å². The number of hydrogen-bond donors (Lipinski definition) is 0. The molecule has 5 heteroatoms. The number of rotatable bonds is 5. The van der Waals surface area contributed by atoms with Crippen LogP contribution in [-0.4, -0.2) is 19.5 Å². The van der Waals surface area contributed by atoms with Crippen molar-refractivity contribution in [1.29, 1.82) is 0 Å². The van der Waals surface area contributed by atoms with E-state index in [1.54, 1.807) is 17.4 Å². The molecule has 0 saturated carbocycles. The Morgan fingerprint density at radius 2 is 1.04 bits per heavy atom. The standard InChI is InChI=1S/C45H28N4S/c1-3-14-29(15-4-1)31-26-32(28-33(27-31)49-38-22-10-7-18-34(38)35-19-8-11-23-39(35)49)44-46-43(30-16-5-2-6-17-30)47-45(48-44)37-21-13-25-41-42(37)36-20-9-12-24-40(36)50-41/h1-28H/i7D,8D,10D,11D,18D,19D,22D,23D. The molecule has 0 aliphatic rings. The van der Waals surface area contributed by atoms with Gasteiger partial charge < -0.3 is 4.57 Å². The maximum atomic E-state index is 9.13. The number of fused-ring (bicyclic) bond motifs is 6. The molecule has 0 aliphatic carbocycles. The predicted octanol–water partition coefficient (Wildman–Crippen LogP) is 12.0. The molecule has 0 amide bonds. The number of aromatic nitrogens is 4. The lowest BCUT2D eigenvalue weighted by Crippen LogP contribution is -2.02. The molecule has 0 unspecified atom stereocenters. The fourth-order valence-electron chi connectivity index (χ4n) is 6.65. The molecule has 0 N–H and O–H groups in total. The Balaban J connectivity index is 1.33. The van der Waals surface area contributed by atoms with Crippen LogP contribution in [0.3, 0.4) is 0 Å². The van der Waals surface area contributed by atoms with E-state index in [1.165, 1.54) is 4.57 Å². The second-order valence-electron chi connectivity index (χ2n) is 11.9. The van der Waals surface area contributed by atoms with Gasteiger partial charge in [-0.2, -0.15) is 0 Å². The Bertz CT molecular complexity index is 3250. The molecule has 4 nitrogen and oxygen atoms in total. The smallest absolute Gasteiger partial charge is 0.164 e. The van der Waals surface area contributed by atoms with Gasteiger partial charge in [0.2, 0.25) is 0 Å². The van der Waals surface area contributed by atoms with Gasteiger partial charge >= 0.3 is 0 Å². The maximum Gasteiger partial charge on any atom is 0.164 e. The van der Waals surface area contributed by atoms with Gasteiger partial charge in [-0.1, -0.05) is 127 Å². The minimum absolute atomic E-state index is 0.00422. The van der Waals surface area contributed by atoms with Crippen molar-refractivity contribution < 1.29 is 11.0 Å². The van der Waals surface area contributed by atoms with Crippen LogP contribution in [0, 0.1) is 0 Å². The normalized spacial score (nSPS) is 13.8. The molecule has 3 aromatic heterocycles. The molecule has 7 aromatic carbocycles. The number of nitrogens with zero attached hydrogens (tertiary/aromatic N) is 4. The summed E-state index contributed by atoms with van der Waals surface area (Å²) >= 11 is 1.70. The molecular formula is C45H28N4S. The zero-order valence-corrected chi connectivity index (χ0v) is 27.1. The first-order chi connectivity index (χ1) is 28.1. The van der Waals surface area contributed by atoms with Crippen molar-refractivity contribution in [3.8, 4) is 51.0 Å². The third-order valence-corrected chi connectivity index (χ3v) is 10.0. The van der Waals surface area contributed by atoms with Crippen LogP contribution < -0.4 is 0 Å². The Morgan fingerprint density at radius 3 is 1.78 bits per heavy atom. The van der Waals surface area contributed by atoms with Crippen LogP contribution in [0.25, 0.3) is 93.0 Å². The van der Waals surface area contributed by atoms with E-state index in [4.69, 9.17) is 25.9 Å². The predicted molar refractivity (Wildman–Crippen MR) is 209 cm³/mol. The highest BCUT2D eigenvalue weighted by molar-refractivity contribution is 7.25. The molecule has 50 heavy (non-hydrogen) atoms. The van der Waals surface area contributed by atoms with Crippen molar-refractivity contribution in [2.75, 3.05) is 0 Å². The van der Waals surface area contributed by atoms with E-state index in [9.17, 15) is 0 Å². The molecule has 0 fully saturated rings. The van der Waals surface area contributed by atoms with Gasteiger partial charge in [-0.15, -0.1) is 11.3 Å². The number of thiophene rings is 1. The van der Waals surface area contributed by atoms with E-state index in [-0.39, 0.29) is 33.9 Å².